The Bertz CT molecular complexity index is 434. The number of hydrogen-bond acceptors (Lipinski definition) is 3. The molecule has 0 heterocycles. The van der Waals surface area contributed by atoms with Crippen molar-refractivity contribution in [2.24, 2.45) is 0 Å². The van der Waals surface area contributed by atoms with Gasteiger partial charge in [-0.25, -0.2) is 4.79 Å². The van der Waals surface area contributed by atoms with E-state index >= 15 is 0 Å². The van der Waals surface area contributed by atoms with Crippen LogP contribution in [0, 0.1) is 0 Å². The number of amides is 2. The highest BCUT2D eigenvalue weighted by atomic mass is 16.5. The summed E-state index contributed by atoms with van der Waals surface area (Å²) >= 11 is 0. The van der Waals surface area contributed by atoms with Gasteiger partial charge >= 0.3 is 12.0 Å². The van der Waals surface area contributed by atoms with E-state index in [1.165, 1.54) is 6.92 Å². The van der Waals surface area contributed by atoms with Gasteiger partial charge in [0.15, 0.2) is 0 Å². The van der Waals surface area contributed by atoms with Crippen molar-refractivity contribution in [2.45, 2.75) is 19.5 Å². The third-order valence-corrected chi connectivity index (χ3v) is 2.31. The van der Waals surface area contributed by atoms with Crippen molar-refractivity contribution in [3.05, 3.63) is 29.8 Å². The second kappa shape index (κ2) is 6.48. The first kappa shape index (κ1) is 13.8. The van der Waals surface area contributed by atoms with E-state index in [1.807, 2.05) is 12.1 Å². The highest BCUT2D eigenvalue weighted by Gasteiger charge is 2.13. The molecule has 6 heteroatoms. The van der Waals surface area contributed by atoms with Crippen molar-refractivity contribution in [1.29, 1.82) is 0 Å². The smallest absolute Gasteiger partial charge is 0.325 e. The molecule has 0 fully saturated rings. The molecule has 1 atom stereocenters. The van der Waals surface area contributed by atoms with Gasteiger partial charge in [-0.3, -0.25) is 4.79 Å². The lowest BCUT2D eigenvalue weighted by atomic mass is 10.2. The molecular formula is C12H16N2O4. The molecule has 3 N–H and O–H groups in total. The summed E-state index contributed by atoms with van der Waals surface area (Å²) in [5, 5.41) is 13.5. The number of carboxylic acid groups (broad SMARTS) is 1. The number of methoxy groups -OCH3 is 1. The molecule has 0 aromatic heterocycles. The average molecular weight is 252 g/mol. The van der Waals surface area contributed by atoms with E-state index in [9.17, 15) is 9.59 Å². The molecule has 0 unspecified atom stereocenters. The van der Waals surface area contributed by atoms with Crippen LogP contribution in [0.4, 0.5) is 4.79 Å². The number of aliphatic carboxylic acids is 1. The van der Waals surface area contributed by atoms with Crippen LogP contribution in [-0.4, -0.2) is 30.3 Å². The number of urea groups is 1. The van der Waals surface area contributed by atoms with Crippen LogP contribution in [0.1, 0.15) is 12.5 Å². The number of carbonyl (C=O) groups excluding carboxylic acids is 1. The van der Waals surface area contributed by atoms with Gasteiger partial charge in [-0.2, -0.15) is 0 Å². The van der Waals surface area contributed by atoms with Crippen LogP contribution in [0.5, 0.6) is 5.75 Å². The standard InChI is InChI=1S/C12H16N2O4/c1-8(11(15)16)14-12(17)13-7-9-4-3-5-10(6-9)18-2/h3-6,8H,7H2,1-2H3,(H,15,16)(H2,13,14,17)/t8-/m0/s1. The second-order valence-corrected chi connectivity index (χ2v) is 3.74. The number of carboxylic acids is 1. The summed E-state index contributed by atoms with van der Waals surface area (Å²) in [5.74, 6) is -0.375. The van der Waals surface area contributed by atoms with Gasteiger partial charge < -0.3 is 20.5 Å². The molecule has 1 aromatic rings. The van der Waals surface area contributed by atoms with Gasteiger partial charge in [0.2, 0.25) is 0 Å². The fourth-order valence-corrected chi connectivity index (χ4v) is 1.27. The maximum Gasteiger partial charge on any atom is 0.325 e. The van der Waals surface area contributed by atoms with Crippen molar-refractivity contribution in [2.75, 3.05) is 7.11 Å². The Kier molecular flexibility index (Phi) is 4.98. The molecule has 2 amide bonds. The second-order valence-electron chi connectivity index (χ2n) is 3.74. The van der Waals surface area contributed by atoms with E-state index < -0.39 is 18.0 Å². The van der Waals surface area contributed by atoms with Crippen LogP contribution in [0.15, 0.2) is 24.3 Å². The average Bonchev–Trinajstić information content (AvgIpc) is 2.36. The molecule has 0 bridgehead atoms. The predicted octanol–water partition coefficient (Wildman–Crippen LogP) is 0.967. The Labute approximate surface area is 105 Å². The first-order chi connectivity index (χ1) is 8.52. The Morgan fingerprint density at radius 1 is 1.44 bits per heavy atom. The van der Waals surface area contributed by atoms with Crippen molar-refractivity contribution < 1.29 is 19.4 Å². The van der Waals surface area contributed by atoms with Gasteiger partial charge in [-0.05, 0) is 24.6 Å². The number of rotatable bonds is 5. The van der Waals surface area contributed by atoms with Crippen molar-refractivity contribution in [3.8, 4) is 5.75 Å². The van der Waals surface area contributed by atoms with Gasteiger partial charge in [0.1, 0.15) is 11.8 Å². The largest absolute Gasteiger partial charge is 0.497 e. The Morgan fingerprint density at radius 3 is 2.78 bits per heavy atom. The van der Waals surface area contributed by atoms with Crippen LogP contribution in [0.3, 0.4) is 0 Å². The fourth-order valence-electron chi connectivity index (χ4n) is 1.27. The summed E-state index contributed by atoms with van der Waals surface area (Å²) < 4.78 is 5.05. The van der Waals surface area contributed by atoms with Gasteiger partial charge in [-0.1, -0.05) is 12.1 Å². The van der Waals surface area contributed by atoms with Crippen molar-refractivity contribution in [3.63, 3.8) is 0 Å². The SMILES string of the molecule is COc1cccc(CNC(=O)N[C@@H](C)C(=O)O)c1. The first-order valence-corrected chi connectivity index (χ1v) is 5.43. The minimum Gasteiger partial charge on any atom is -0.497 e. The summed E-state index contributed by atoms with van der Waals surface area (Å²) in [6, 6.07) is 5.80. The van der Waals surface area contributed by atoms with E-state index in [0.717, 1.165) is 5.56 Å². The molecule has 0 aliphatic heterocycles. The molecule has 6 nitrogen and oxygen atoms in total. The summed E-state index contributed by atoms with van der Waals surface area (Å²) in [6.45, 7) is 1.70. The summed E-state index contributed by atoms with van der Waals surface area (Å²) in [5.41, 5.74) is 0.868. The molecule has 0 saturated carbocycles. The lowest BCUT2D eigenvalue weighted by molar-refractivity contribution is -0.138. The predicted molar refractivity (Wildman–Crippen MR) is 65.5 cm³/mol. The number of nitrogens with one attached hydrogen (secondary N) is 2. The van der Waals surface area contributed by atoms with E-state index in [4.69, 9.17) is 9.84 Å². The topological polar surface area (TPSA) is 87.7 Å². The third-order valence-electron chi connectivity index (χ3n) is 2.31. The van der Waals surface area contributed by atoms with Crippen molar-refractivity contribution in [1.82, 2.24) is 10.6 Å². The normalized spacial score (nSPS) is 11.4. The van der Waals surface area contributed by atoms with Gasteiger partial charge in [-0.15, -0.1) is 0 Å². The number of hydrogen-bond donors (Lipinski definition) is 3. The van der Waals surface area contributed by atoms with Crippen LogP contribution in [0.25, 0.3) is 0 Å². The molecular weight excluding hydrogens is 236 g/mol. The molecule has 18 heavy (non-hydrogen) atoms. The zero-order chi connectivity index (χ0) is 13.5. The molecule has 0 spiro atoms. The Hall–Kier alpha value is -2.24. The number of ether oxygens (including phenoxy) is 1. The maximum atomic E-state index is 11.4. The summed E-state index contributed by atoms with van der Waals surface area (Å²) in [7, 11) is 1.56. The Balaban J connectivity index is 2.44. The Morgan fingerprint density at radius 2 is 2.17 bits per heavy atom. The van der Waals surface area contributed by atoms with Crippen molar-refractivity contribution >= 4 is 12.0 Å². The van der Waals surface area contributed by atoms with Gasteiger partial charge in [0, 0.05) is 6.54 Å². The lowest BCUT2D eigenvalue weighted by Gasteiger charge is -2.11. The molecule has 0 aliphatic carbocycles. The number of carbonyl (C=O) groups is 2. The van der Waals surface area contributed by atoms with E-state index in [1.54, 1.807) is 19.2 Å². The zero-order valence-electron chi connectivity index (χ0n) is 10.3. The zero-order valence-corrected chi connectivity index (χ0v) is 10.3. The van der Waals surface area contributed by atoms with E-state index in [0.29, 0.717) is 12.3 Å². The minimum absolute atomic E-state index is 0.301. The fraction of sp³-hybridized carbons (Fsp3) is 0.333. The van der Waals surface area contributed by atoms with E-state index in [2.05, 4.69) is 10.6 Å². The van der Waals surface area contributed by atoms with E-state index in [-0.39, 0.29) is 0 Å². The van der Waals surface area contributed by atoms with Crippen LogP contribution >= 0.6 is 0 Å². The minimum atomic E-state index is -1.08. The van der Waals surface area contributed by atoms with Crippen LogP contribution < -0.4 is 15.4 Å². The van der Waals surface area contributed by atoms with Gasteiger partial charge in [0.05, 0.1) is 7.11 Å². The highest BCUT2D eigenvalue weighted by molar-refractivity contribution is 5.82. The molecule has 98 valence electrons. The molecule has 1 rings (SSSR count). The summed E-state index contributed by atoms with van der Waals surface area (Å²) in [6.07, 6.45) is 0. The highest BCUT2D eigenvalue weighted by Crippen LogP contribution is 2.11. The maximum absolute atomic E-state index is 11.4. The lowest BCUT2D eigenvalue weighted by Crippen LogP contribution is -2.44. The molecule has 0 saturated heterocycles. The summed E-state index contributed by atoms with van der Waals surface area (Å²) in [4.78, 5) is 21.9. The first-order valence-electron chi connectivity index (χ1n) is 5.43. The number of benzene rings is 1. The van der Waals surface area contributed by atoms with Gasteiger partial charge in [0.25, 0.3) is 0 Å². The van der Waals surface area contributed by atoms with Crippen LogP contribution in [-0.2, 0) is 11.3 Å². The third kappa shape index (κ3) is 4.32. The molecule has 1 aromatic carbocycles. The molecule has 0 radical (unpaired) electrons. The molecule has 0 aliphatic rings. The monoisotopic (exact) mass is 252 g/mol. The van der Waals surface area contributed by atoms with Crippen LogP contribution in [0.2, 0.25) is 0 Å². The quantitative estimate of drug-likeness (QED) is 0.728.